The molecule has 2 amide bonds. The molecular formula is C16H21ClN4O3. The van der Waals surface area contributed by atoms with E-state index in [4.69, 9.17) is 4.74 Å². The molecule has 1 aliphatic rings. The molecule has 3 rings (SSSR count). The summed E-state index contributed by atoms with van der Waals surface area (Å²) < 4.78 is 7.16. The molecule has 0 radical (unpaired) electrons. The Kier molecular flexibility index (Phi) is 6.19. The van der Waals surface area contributed by atoms with E-state index in [9.17, 15) is 9.59 Å². The lowest BCUT2D eigenvalue weighted by Gasteiger charge is -2.22. The van der Waals surface area contributed by atoms with Gasteiger partial charge in [0.25, 0.3) is 0 Å². The van der Waals surface area contributed by atoms with Gasteiger partial charge in [0.1, 0.15) is 12.6 Å². The van der Waals surface area contributed by atoms with Crippen molar-refractivity contribution in [3.63, 3.8) is 0 Å². The fraction of sp³-hybridized carbons (Fsp3) is 0.375. The minimum Gasteiger partial charge on any atom is -0.378 e. The van der Waals surface area contributed by atoms with E-state index >= 15 is 0 Å². The predicted octanol–water partition coefficient (Wildman–Crippen LogP) is 0.736. The Labute approximate surface area is 146 Å². The summed E-state index contributed by atoms with van der Waals surface area (Å²) in [5, 5.41) is 9.64. The maximum atomic E-state index is 12.2. The Hall–Kier alpha value is -2.09. The molecule has 8 heteroatoms. The molecule has 0 spiro atoms. The van der Waals surface area contributed by atoms with Gasteiger partial charge >= 0.3 is 0 Å². The minimum absolute atomic E-state index is 0. The van der Waals surface area contributed by atoms with Crippen LogP contribution in [0.5, 0.6) is 0 Å². The number of nitrogens with zero attached hydrogens (tertiary/aromatic N) is 1. The standard InChI is InChI=1S/C16H20N4O3.ClH/c1-17-15(21)9-20-6-4-11-2-3-12(8-14(11)20)19-16(22)13-10-23-7-5-18-13;/h2-4,6,8,13,18H,5,7,9-10H2,1H3,(H,17,21)(H,19,22);1H. The largest absolute Gasteiger partial charge is 0.378 e. The van der Waals surface area contributed by atoms with Gasteiger partial charge in [0.05, 0.1) is 18.7 Å². The highest BCUT2D eigenvalue weighted by Gasteiger charge is 2.21. The van der Waals surface area contributed by atoms with Gasteiger partial charge in [-0.05, 0) is 23.6 Å². The highest BCUT2D eigenvalue weighted by molar-refractivity contribution is 5.97. The zero-order chi connectivity index (χ0) is 16.2. The average molecular weight is 353 g/mol. The number of aromatic nitrogens is 1. The summed E-state index contributed by atoms with van der Waals surface area (Å²) in [6.45, 7) is 1.92. The molecule has 130 valence electrons. The Balaban J connectivity index is 0.00000208. The molecule has 1 unspecified atom stereocenters. The van der Waals surface area contributed by atoms with Crippen molar-refractivity contribution in [2.45, 2.75) is 12.6 Å². The van der Waals surface area contributed by atoms with Crippen LogP contribution in [0.3, 0.4) is 0 Å². The normalized spacial score (nSPS) is 17.1. The van der Waals surface area contributed by atoms with Crippen LogP contribution in [0.2, 0.25) is 0 Å². The number of benzene rings is 1. The number of halogens is 1. The number of fused-ring (bicyclic) bond motifs is 1. The van der Waals surface area contributed by atoms with Gasteiger partial charge in [-0.1, -0.05) is 6.07 Å². The number of carbonyl (C=O) groups excluding carboxylic acids is 2. The van der Waals surface area contributed by atoms with Crippen molar-refractivity contribution in [2.75, 3.05) is 32.1 Å². The first-order chi connectivity index (χ1) is 11.2. The van der Waals surface area contributed by atoms with Crippen molar-refractivity contribution in [2.24, 2.45) is 0 Å². The first-order valence-corrected chi connectivity index (χ1v) is 7.59. The molecule has 24 heavy (non-hydrogen) atoms. The van der Waals surface area contributed by atoms with Gasteiger partial charge in [0.15, 0.2) is 0 Å². The van der Waals surface area contributed by atoms with Crippen molar-refractivity contribution >= 4 is 40.8 Å². The van der Waals surface area contributed by atoms with Crippen LogP contribution in [0.4, 0.5) is 5.69 Å². The van der Waals surface area contributed by atoms with Crippen LogP contribution >= 0.6 is 12.4 Å². The van der Waals surface area contributed by atoms with E-state index in [1.54, 1.807) is 7.05 Å². The Bertz CT molecular complexity index is 725. The summed E-state index contributed by atoms with van der Waals surface area (Å²) in [5.74, 6) is -0.186. The summed E-state index contributed by atoms with van der Waals surface area (Å²) in [6, 6.07) is 7.27. The summed E-state index contributed by atoms with van der Waals surface area (Å²) in [5.41, 5.74) is 1.60. The number of nitrogens with one attached hydrogen (secondary N) is 3. The molecule has 1 saturated heterocycles. The van der Waals surface area contributed by atoms with Crippen LogP contribution in [-0.2, 0) is 20.9 Å². The maximum Gasteiger partial charge on any atom is 0.243 e. The number of anilines is 1. The van der Waals surface area contributed by atoms with Crippen LogP contribution in [0.15, 0.2) is 30.5 Å². The molecule has 2 heterocycles. The Morgan fingerprint density at radius 1 is 1.38 bits per heavy atom. The zero-order valence-corrected chi connectivity index (χ0v) is 14.2. The number of carbonyl (C=O) groups is 2. The van der Waals surface area contributed by atoms with E-state index in [1.165, 1.54) is 0 Å². The third-order valence-electron chi connectivity index (χ3n) is 3.87. The second-order valence-electron chi connectivity index (χ2n) is 5.46. The van der Waals surface area contributed by atoms with Crippen LogP contribution < -0.4 is 16.0 Å². The van der Waals surface area contributed by atoms with Gasteiger partial charge in [-0.3, -0.25) is 9.59 Å². The van der Waals surface area contributed by atoms with Crippen molar-refractivity contribution in [1.29, 1.82) is 0 Å². The molecule has 1 fully saturated rings. The molecule has 1 aromatic carbocycles. The number of rotatable bonds is 4. The van der Waals surface area contributed by atoms with Gasteiger partial charge in [0.2, 0.25) is 11.8 Å². The van der Waals surface area contributed by atoms with Crippen molar-refractivity contribution in [3.8, 4) is 0 Å². The summed E-state index contributed by atoms with van der Waals surface area (Å²) in [4.78, 5) is 23.8. The molecule has 3 N–H and O–H groups in total. The van der Waals surface area contributed by atoms with Crippen LogP contribution in [0.1, 0.15) is 0 Å². The fourth-order valence-corrected chi connectivity index (χ4v) is 2.60. The molecule has 1 aliphatic heterocycles. The van der Waals surface area contributed by atoms with Gasteiger partial charge in [-0.15, -0.1) is 12.4 Å². The topological polar surface area (TPSA) is 84.4 Å². The molecule has 0 aliphatic carbocycles. The van der Waals surface area contributed by atoms with E-state index in [1.807, 2.05) is 35.0 Å². The predicted molar refractivity (Wildman–Crippen MR) is 94.5 cm³/mol. The monoisotopic (exact) mass is 352 g/mol. The number of likely N-dealkylation sites (N-methyl/N-ethyl adjacent to an activating group) is 1. The first kappa shape index (κ1) is 18.3. The van der Waals surface area contributed by atoms with Gasteiger partial charge in [0, 0.05) is 25.5 Å². The van der Waals surface area contributed by atoms with Crippen LogP contribution in [0, 0.1) is 0 Å². The number of hydrogen-bond donors (Lipinski definition) is 3. The summed E-state index contributed by atoms with van der Waals surface area (Å²) in [6.07, 6.45) is 1.86. The quantitative estimate of drug-likeness (QED) is 0.757. The molecular weight excluding hydrogens is 332 g/mol. The lowest BCUT2D eigenvalue weighted by Crippen LogP contribution is -2.48. The highest BCUT2D eigenvalue weighted by Crippen LogP contribution is 2.21. The summed E-state index contributed by atoms with van der Waals surface area (Å²) >= 11 is 0. The third-order valence-corrected chi connectivity index (χ3v) is 3.87. The molecule has 2 aromatic rings. The number of amides is 2. The van der Waals surface area contributed by atoms with Gasteiger partial charge in [-0.2, -0.15) is 0 Å². The average Bonchev–Trinajstić information content (AvgIpc) is 2.98. The Morgan fingerprint density at radius 2 is 2.21 bits per heavy atom. The van der Waals surface area contributed by atoms with E-state index in [0.717, 1.165) is 10.9 Å². The van der Waals surface area contributed by atoms with Crippen molar-refractivity contribution < 1.29 is 14.3 Å². The van der Waals surface area contributed by atoms with Crippen molar-refractivity contribution in [1.82, 2.24) is 15.2 Å². The maximum absolute atomic E-state index is 12.2. The smallest absolute Gasteiger partial charge is 0.243 e. The lowest BCUT2D eigenvalue weighted by atomic mass is 10.2. The number of ether oxygens (including phenoxy) is 1. The number of morpholine rings is 1. The lowest BCUT2D eigenvalue weighted by molar-refractivity contribution is -0.121. The molecule has 1 atom stereocenters. The second kappa shape index (κ2) is 8.14. The molecule has 7 nitrogen and oxygen atoms in total. The van der Waals surface area contributed by atoms with E-state index in [-0.39, 0.29) is 36.8 Å². The summed E-state index contributed by atoms with van der Waals surface area (Å²) in [7, 11) is 1.61. The molecule has 0 bridgehead atoms. The first-order valence-electron chi connectivity index (χ1n) is 7.59. The SMILES string of the molecule is CNC(=O)Cn1ccc2ccc(NC(=O)C3COCCN3)cc21.Cl. The highest BCUT2D eigenvalue weighted by atomic mass is 35.5. The van der Waals surface area contributed by atoms with Gasteiger partial charge < -0.3 is 25.3 Å². The minimum atomic E-state index is -0.336. The number of hydrogen-bond acceptors (Lipinski definition) is 4. The molecule has 0 saturated carbocycles. The van der Waals surface area contributed by atoms with E-state index in [2.05, 4.69) is 16.0 Å². The second-order valence-corrected chi connectivity index (χ2v) is 5.46. The third kappa shape index (κ3) is 4.05. The van der Waals surface area contributed by atoms with Crippen LogP contribution in [0.25, 0.3) is 10.9 Å². The van der Waals surface area contributed by atoms with E-state index < -0.39 is 0 Å². The fourth-order valence-electron chi connectivity index (χ4n) is 2.60. The van der Waals surface area contributed by atoms with Crippen LogP contribution in [-0.4, -0.2) is 49.2 Å². The zero-order valence-electron chi connectivity index (χ0n) is 13.4. The Morgan fingerprint density at radius 3 is 2.92 bits per heavy atom. The van der Waals surface area contributed by atoms with Crippen molar-refractivity contribution in [3.05, 3.63) is 30.5 Å². The van der Waals surface area contributed by atoms with Gasteiger partial charge in [-0.25, -0.2) is 0 Å². The van der Waals surface area contributed by atoms with E-state index in [0.29, 0.717) is 25.4 Å². The molecule has 1 aromatic heterocycles.